The molecule has 0 aliphatic carbocycles. The Hall–Kier alpha value is -1.38. The Kier molecular flexibility index (Phi) is 3.12. The van der Waals surface area contributed by atoms with Gasteiger partial charge in [0, 0.05) is 24.5 Å². The van der Waals surface area contributed by atoms with E-state index in [1.165, 1.54) is 0 Å². The van der Waals surface area contributed by atoms with Crippen LogP contribution in [0.15, 0.2) is 18.3 Å². The van der Waals surface area contributed by atoms with Gasteiger partial charge < -0.3 is 4.90 Å². The standard InChI is InChI=1S/C12H18N2O/c1-9-6-7-10(8-13-9)11(15)14(5)12(2,3)4/h6-8H,1-5H3. The number of aromatic nitrogens is 1. The Morgan fingerprint density at radius 1 is 1.33 bits per heavy atom. The fourth-order valence-electron chi connectivity index (χ4n) is 1.09. The van der Waals surface area contributed by atoms with Crippen molar-refractivity contribution in [2.24, 2.45) is 0 Å². The van der Waals surface area contributed by atoms with E-state index >= 15 is 0 Å². The van der Waals surface area contributed by atoms with Crippen molar-refractivity contribution in [3.63, 3.8) is 0 Å². The Balaban J connectivity index is 2.90. The highest BCUT2D eigenvalue weighted by molar-refractivity contribution is 5.94. The number of hydrogen-bond donors (Lipinski definition) is 0. The van der Waals surface area contributed by atoms with Crippen molar-refractivity contribution in [3.05, 3.63) is 29.6 Å². The number of nitrogens with zero attached hydrogens (tertiary/aromatic N) is 2. The van der Waals surface area contributed by atoms with Crippen molar-refractivity contribution in [2.75, 3.05) is 7.05 Å². The number of pyridine rings is 1. The van der Waals surface area contributed by atoms with Crippen LogP contribution in [-0.2, 0) is 0 Å². The second-order valence-electron chi connectivity index (χ2n) is 4.72. The third kappa shape index (κ3) is 2.78. The minimum atomic E-state index is -0.165. The van der Waals surface area contributed by atoms with E-state index in [0.717, 1.165) is 5.69 Å². The molecular formula is C12H18N2O. The zero-order chi connectivity index (χ0) is 11.6. The summed E-state index contributed by atoms with van der Waals surface area (Å²) in [6.07, 6.45) is 1.62. The Bertz CT molecular complexity index is 349. The summed E-state index contributed by atoms with van der Waals surface area (Å²) in [6, 6.07) is 3.66. The minimum Gasteiger partial charge on any atom is -0.337 e. The second-order valence-corrected chi connectivity index (χ2v) is 4.72. The van der Waals surface area contributed by atoms with Crippen LogP contribution in [0.25, 0.3) is 0 Å². The van der Waals surface area contributed by atoms with Gasteiger partial charge in [0.1, 0.15) is 0 Å². The van der Waals surface area contributed by atoms with E-state index in [-0.39, 0.29) is 11.4 Å². The average Bonchev–Trinajstić information content (AvgIpc) is 2.15. The highest BCUT2D eigenvalue weighted by atomic mass is 16.2. The molecule has 1 aromatic rings. The summed E-state index contributed by atoms with van der Waals surface area (Å²) in [5, 5.41) is 0. The summed E-state index contributed by atoms with van der Waals surface area (Å²) in [5.74, 6) is 0.00926. The lowest BCUT2D eigenvalue weighted by Gasteiger charge is -2.31. The van der Waals surface area contributed by atoms with Crippen molar-refractivity contribution >= 4 is 5.91 Å². The molecule has 3 nitrogen and oxygen atoms in total. The molecule has 15 heavy (non-hydrogen) atoms. The molecule has 0 fully saturated rings. The van der Waals surface area contributed by atoms with Crippen LogP contribution in [-0.4, -0.2) is 28.4 Å². The molecule has 0 N–H and O–H groups in total. The zero-order valence-corrected chi connectivity index (χ0v) is 10.0. The number of carbonyl (C=O) groups is 1. The van der Waals surface area contributed by atoms with Gasteiger partial charge in [-0.05, 0) is 39.8 Å². The van der Waals surface area contributed by atoms with Crippen molar-refractivity contribution in [2.45, 2.75) is 33.2 Å². The lowest BCUT2D eigenvalue weighted by atomic mass is 10.1. The molecule has 1 heterocycles. The van der Waals surface area contributed by atoms with Gasteiger partial charge in [0.15, 0.2) is 0 Å². The summed E-state index contributed by atoms with van der Waals surface area (Å²) in [4.78, 5) is 17.8. The van der Waals surface area contributed by atoms with E-state index in [1.807, 2.05) is 46.9 Å². The first-order chi connectivity index (χ1) is 6.82. The average molecular weight is 206 g/mol. The van der Waals surface area contributed by atoms with Crippen LogP contribution >= 0.6 is 0 Å². The summed E-state index contributed by atoms with van der Waals surface area (Å²) >= 11 is 0. The quantitative estimate of drug-likeness (QED) is 0.706. The maximum atomic E-state index is 12.0. The zero-order valence-electron chi connectivity index (χ0n) is 10.0. The minimum absolute atomic E-state index is 0.00926. The Morgan fingerprint density at radius 3 is 2.33 bits per heavy atom. The molecule has 1 rings (SSSR count). The molecule has 82 valence electrons. The van der Waals surface area contributed by atoms with Crippen molar-refractivity contribution < 1.29 is 4.79 Å². The van der Waals surface area contributed by atoms with Crippen LogP contribution in [0.2, 0.25) is 0 Å². The highest BCUT2D eigenvalue weighted by Crippen LogP contribution is 2.14. The summed E-state index contributed by atoms with van der Waals surface area (Å²) in [7, 11) is 1.81. The molecule has 0 saturated carbocycles. The highest BCUT2D eigenvalue weighted by Gasteiger charge is 2.23. The lowest BCUT2D eigenvalue weighted by molar-refractivity contribution is 0.0655. The molecule has 0 atom stereocenters. The smallest absolute Gasteiger partial charge is 0.255 e. The lowest BCUT2D eigenvalue weighted by Crippen LogP contribution is -2.42. The van der Waals surface area contributed by atoms with Gasteiger partial charge in [0.25, 0.3) is 5.91 Å². The van der Waals surface area contributed by atoms with Gasteiger partial charge in [-0.1, -0.05) is 0 Å². The molecule has 1 amide bonds. The molecule has 0 radical (unpaired) electrons. The monoisotopic (exact) mass is 206 g/mol. The third-order valence-corrected chi connectivity index (χ3v) is 2.47. The summed E-state index contributed by atoms with van der Waals surface area (Å²) in [6.45, 7) is 7.92. The number of amides is 1. The number of aryl methyl sites for hydroxylation is 1. The normalized spacial score (nSPS) is 11.3. The van der Waals surface area contributed by atoms with Crippen LogP contribution in [0.3, 0.4) is 0 Å². The second kappa shape index (κ2) is 4.01. The van der Waals surface area contributed by atoms with Gasteiger partial charge in [-0.15, -0.1) is 0 Å². The molecule has 1 aromatic heterocycles. The fourth-order valence-corrected chi connectivity index (χ4v) is 1.09. The van der Waals surface area contributed by atoms with Crippen molar-refractivity contribution in [1.82, 2.24) is 9.88 Å². The van der Waals surface area contributed by atoms with Crippen LogP contribution < -0.4 is 0 Å². The van der Waals surface area contributed by atoms with E-state index in [2.05, 4.69) is 4.98 Å². The maximum absolute atomic E-state index is 12.0. The van der Waals surface area contributed by atoms with Crippen LogP contribution in [0.4, 0.5) is 0 Å². The molecule has 0 saturated heterocycles. The van der Waals surface area contributed by atoms with E-state index in [4.69, 9.17) is 0 Å². The predicted molar refractivity (Wildman–Crippen MR) is 60.8 cm³/mol. The van der Waals surface area contributed by atoms with E-state index in [0.29, 0.717) is 5.56 Å². The van der Waals surface area contributed by atoms with Crippen LogP contribution in [0.1, 0.15) is 36.8 Å². The molecule has 0 spiro atoms. The SMILES string of the molecule is Cc1ccc(C(=O)N(C)C(C)(C)C)cn1. The number of rotatable bonds is 1. The first-order valence-corrected chi connectivity index (χ1v) is 5.03. The summed E-state index contributed by atoms with van der Waals surface area (Å²) < 4.78 is 0. The van der Waals surface area contributed by atoms with Gasteiger partial charge in [0.05, 0.1) is 5.56 Å². The molecule has 0 bridgehead atoms. The maximum Gasteiger partial charge on any atom is 0.255 e. The van der Waals surface area contributed by atoms with Crippen LogP contribution in [0, 0.1) is 6.92 Å². The molecule has 3 heteroatoms. The fraction of sp³-hybridized carbons (Fsp3) is 0.500. The number of carbonyl (C=O) groups excluding carboxylic acids is 1. The van der Waals surface area contributed by atoms with E-state index in [9.17, 15) is 4.79 Å². The molecular weight excluding hydrogens is 188 g/mol. The number of hydrogen-bond acceptors (Lipinski definition) is 2. The van der Waals surface area contributed by atoms with Crippen molar-refractivity contribution in [1.29, 1.82) is 0 Å². The topological polar surface area (TPSA) is 33.2 Å². The van der Waals surface area contributed by atoms with E-state index in [1.54, 1.807) is 11.1 Å². The largest absolute Gasteiger partial charge is 0.337 e. The first kappa shape index (κ1) is 11.7. The van der Waals surface area contributed by atoms with Gasteiger partial charge >= 0.3 is 0 Å². The Labute approximate surface area is 91.1 Å². The Morgan fingerprint density at radius 2 is 1.93 bits per heavy atom. The van der Waals surface area contributed by atoms with Gasteiger partial charge in [0.2, 0.25) is 0 Å². The predicted octanol–water partition coefficient (Wildman–Crippen LogP) is 2.26. The van der Waals surface area contributed by atoms with E-state index < -0.39 is 0 Å². The van der Waals surface area contributed by atoms with Crippen LogP contribution in [0.5, 0.6) is 0 Å². The summed E-state index contributed by atoms with van der Waals surface area (Å²) in [5.41, 5.74) is 1.39. The van der Waals surface area contributed by atoms with Gasteiger partial charge in [-0.25, -0.2) is 0 Å². The van der Waals surface area contributed by atoms with Gasteiger partial charge in [-0.3, -0.25) is 9.78 Å². The molecule has 0 aromatic carbocycles. The van der Waals surface area contributed by atoms with Gasteiger partial charge in [-0.2, -0.15) is 0 Å². The van der Waals surface area contributed by atoms with Crippen molar-refractivity contribution in [3.8, 4) is 0 Å². The molecule has 0 unspecified atom stereocenters. The molecule has 0 aliphatic rings. The third-order valence-electron chi connectivity index (χ3n) is 2.47. The molecule has 0 aliphatic heterocycles. The first-order valence-electron chi connectivity index (χ1n) is 5.03.